The molecule has 1 atom stereocenters. The zero-order valence-corrected chi connectivity index (χ0v) is 21.2. The minimum atomic E-state index is -0.702. The molecule has 10 heteroatoms. The zero-order valence-electron chi connectivity index (χ0n) is 20.4. The van der Waals surface area contributed by atoms with Crippen molar-refractivity contribution in [3.63, 3.8) is 0 Å². The van der Waals surface area contributed by atoms with E-state index in [9.17, 15) is 14.4 Å². The van der Waals surface area contributed by atoms with Crippen LogP contribution in [0.1, 0.15) is 17.0 Å². The topological polar surface area (TPSA) is 111 Å². The van der Waals surface area contributed by atoms with E-state index in [-0.39, 0.29) is 11.8 Å². The van der Waals surface area contributed by atoms with Crippen LogP contribution in [0.5, 0.6) is 0 Å². The number of aromatic amines is 1. The molecule has 0 aliphatic carbocycles. The lowest BCUT2D eigenvalue weighted by molar-refractivity contribution is -0.119. The van der Waals surface area contributed by atoms with Gasteiger partial charge >= 0.3 is 5.76 Å². The summed E-state index contributed by atoms with van der Waals surface area (Å²) in [6.07, 6.45) is 0. The van der Waals surface area contributed by atoms with Gasteiger partial charge in [-0.15, -0.1) is 0 Å². The molecule has 37 heavy (non-hydrogen) atoms. The maximum absolute atomic E-state index is 13.2. The molecule has 0 bridgehead atoms. The Labute approximate surface area is 217 Å². The normalized spacial score (nSPS) is 15.2. The van der Waals surface area contributed by atoms with E-state index in [1.54, 1.807) is 54.4 Å². The Morgan fingerprint density at radius 1 is 1.03 bits per heavy atom. The van der Waals surface area contributed by atoms with Gasteiger partial charge in [0, 0.05) is 23.4 Å². The van der Waals surface area contributed by atoms with E-state index in [1.807, 2.05) is 37.2 Å². The number of amides is 2. The summed E-state index contributed by atoms with van der Waals surface area (Å²) in [6, 6.07) is 17.6. The van der Waals surface area contributed by atoms with Gasteiger partial charge in [0.05, 0.1) is 23.5 Å². The van der Waals surface area contributed by atoms with Gasteiger partial charge < -0.3 is 19.5 Å². The number of H-pyrrole nitrogens is 1. The number of carbonyl (C=O) groups is 2. The number of nitrogens with zero attached hydrogens (tertiary/aromatic N) is 3. The summed E-state index contributed by atoms with van der Waals surface area (Å²) >= 11 is 6.15. The van der Waals surface area contributed by atoms with Gasteiger partial charge in [0.15, 0.2) is 5.58 Å². The molecule has 2 N–H and O–H groups in total. The summed E-state index contributed by atoms with van der Waals surface area (Å²) in [5, 5.41) is 3.40. The first-order chi connectivity index (χ1) is 17.7. The molecule has 0 saturated heterocycles. The number of hydrogen-bond donors (Lipinski definition) is 2. The molecule has 1 aliphatic heterocycles. The molecule has 9 nitrogen and oxygen atoms in total. The van der Waals surface area contributed by atoms with Gasteiger partial charge in [-0.3, -0.25) is 19.6 Å². The van der Waals surface area contributed by atoms with E-state index in [1.165, 1.54) is 0 Å². The molecule has 1 unspecified atom stereocenters. The van der Waals surface area contributed by atoms with Crippen LogP contribution in [-0.4, -0.2) is 55.1 Å². The van der Waals surface area contributed by atoms with Crippen molar-refractivity contribution in [3.8, 4) is 0 Å². The molecule has 0 radical (unpaired) electrons. The number of carbonyl (C=O) groups excluding carboxylic acids is 2. The van der Waals surface area contributed by atoms with Gasteiger partial charge in [0.1, 0.15) is 5.92 Å². The van der Waals surface area contributed by atoms with Crippen molar-refractivity contribution in [2.24, 2.45) is 4.99 Å². The fourth-order valence-corrected chi connectivity index (χ4v) is 4.50. The molecule has 188 valence electrons. The lowest BCUT2D eigenvalue weighted by atomic mass is 9.90. The fourth-order valence-electron chi connectivity index (χ4n) is 4.32. The van der Waals surface area contributed by atoms with Crippen molar-refractivity contribution in [2.45, 2.75) is 5.92 Å². The van der Waals surface area contributed by atoms with E-state index in [0.29, 0.717) is 45.3 Å². The maximum Gasteiger partial charge on any atom is 0.417 e. The third-order valence-electron chi connectivity index (χ3n) is 6.15. The number of benzene rings is 3. The number of oxazole rings is 1. The Balaban J connectivity index is 1.58. The summed E-state index contributed by atoms with van der Waals surface area (Å²) in [5.74, 6) is -1.54. The van der Waals surface area contributed by atoms with Crippen LogP contribution in [0.15, 0.2) is 74.9 Å². The number of fused-ring (bicyclic) bond motifs is 2. The van der Waals surface area contributed by atoms with Crippen LogP contribution in [0.2, 0.25) is 5.02 Å². The molecular weight excluding hydrogens is 494 g/mol. The molecule has 5 rings (SSSR count). The molecule has 1 aliphatic rings. The summed E-state index contributed by atoms with van der Waals surface area (Å²) in [7, 11) is 5.40. The number of hydrogen-bond acceptors (Lipinski definition) is 6. The van der Waals surface area contributed by atoms with Gasteiger partial charge in [-0.25, -0.2) is 4.79 Å². The Bertz CT molecular complexity index is 1600. The zero-order chi connectivity index (χ0) is 26.3. The van der Waals surface area contributed by atoms with E-state index in [4.69, 9.17) is 21.0 Å². The van der Waals surface area contributed by atoms with Gasteiger partial charge in [-0.05, 0) is 79.8 Å². The second kappa shape index (κ2) is 9.68. The molecule has 3 aromatic carbocycles. The number of nitrogens with one attached hydrogen (secondary N) is 2. The van der Waals surface area contributed by atoms with Crippen LogP contribution in [0, 0.1) is 0 Å². The first kappa shape index (κ1) is 24.5. The lowest BCUT2D eigenvalue weighted by Gasteiger charge is -2.20. The first-order valence-corrected chi connectivity index (χ1v) is 11.9. The van der Waals surface area contributed by atoms with Crippen molar-refractivity contribution < 1.29 is 14.0 Å². The Morgan fingerprint density at radius 2 is 1.78 bits per heavy atom. The number of likely N-dealkylation sites (N-methyl/N-ethyl adjacent to an activating group) is 2. The van der Waals surface area contributed by atoms with Crippen molar-refractivity contribution in [3.05, 3.63) is 87.4 Å². The van der Waals surface area contributed by atoms with Crippen molar-refractivity contribution in [2.75, 3.05) is 37.9 Å². The number of halogens is 1. The predicted molar refractivity (Wildman–Crippen MR) is 144 cm³/mol. The maximum atomic E-state index is 13.2. The third kappa shape index (κ3) is 4.91. The number of aromatic nitrogens is 1. The second-order valence-corrected chi connectivity index (χ2v) is 9.52. The summed E-state index contributed by atoms with van der Waals surface area (Å²) in [4.78, 5) is 48.2. The quantitative estimate of drug-likeness (QED) is 0.373. The lowest BCUT2D eigenvalue weighted by Crippen LogP contribution is -2.34. The summed E-state index contributed by atoms with van der Waals surface area (Å²) < 4.78 is 5.14. The van der Waals surface area contributed by atoms with Crippen LogP contribution in [0.3, 0.4) is 0 Å². The fraction of sp³-hybridized carbons (Fsp3) is 0.185. The van der Waals surface area contributed by atoms with Crippen LogP contribution >= 0.6 is 11.6 Å². The van der Waals surface area contributed by atoms with Crippen molar-refractivity contribution in [1.29, 1.82) is 0 Å². The van der Waals surface area contributed by atoms with Gasteiger partial charge in [-0.2, -0.15) is 0 Å². The Kier molecular flexibility index (Phi) is 6.41. The van der Waals surface area contributed by atoms with Gasteiger partial charge in [-0.1, -0.05) is 17.7 Å². The second-order valence-electron chi connectivity index (χ2n) is 9.08. The van der Waals surface area contributed by atoms with Crippen LogP contribution in [-0.2, 0) is 9.59 Å². The minimum absolute atomic E-state index is 0.0396. The highest BCUT2D eigenvalue weighted by Crippen LogP contribution is 2.38. The molecule has 2 heterocycles. The summed E-state index contributed by atoms with van der Waals surface area (Å²) in [5.41, 5.74) is 4.75. The molecule has 0 spiro atoms. The highest BCUT2D eigenvalue weighted by molar-refractivity contribution is 6.31. The molecule has 2 amide bonds. The van der Waals surface area contributed by atoms with Crippen LogP contribution < -0.4 is 16.0 Å². The van der Waals surface area contributed by atoms with Crippen molar-refractivity contribution in [1.82, 2.24) is 9.88 Å². The van der Waals surface area contributed by atoms with E-state index < -0.39 is 11.7 Å². The van der Waals surface area contributed by atoms with E-state index >= 15 is 0 Å². The van der Waals surface area contributed by atoms with Gasteiger partial charge in [0.25, 0.3) is 0 Å². The van der Waals surface area contributed by atoms with E-state index in [0.717, 1.165) is 11.3 Å². The molecule has 4 aromatic rings. The summed E-state index contributed by atoms with van der Waals surface area (Å²) in [6.45, 7) is 0.291. The van der Waals surface area contributed by atoms with Crippen molar-refractivity contribution >= 4 is 57.3 Å². The Morgan fingerprint density at radius 3 is 2.51 bits per heavy atom. The first-order valence-electron chi connectivity index (χ1n) is 11.5. The average Bonchev–Trinajstić information content (AvgIpc) is 3.38. The highest BCUT2D eigenvalue weighted by atomic mass is 35.5. The average molecular weight is 518 g/mol. The largest absolute Gasteiger partial charge is 0.417 e. The number of rotatable bonds is 6. The third-order valence-corrected chi connectivity index (χ3v) is 6.38. The Hall–Kier alpha value is -4.21. The number of aliphatic imine (C=N–C) groups is 1. The standard InChI is InChI=1S/C27H24ClN5O4/c1-32(2)14-23(34)33(3)18-8-6-17(7-9-18)29-25(15-4-11-22-21(12-15)31-27(36)37-22)24-19-10-5-16(28)13-20(19)30-26(24)35/h4-13,24H,14H2,1-3H3,(H,30,35)(H,31,36). The molecule has 1 aromatic heterocycles. The van der Waals surface area contributed by atoms with Gasteiger partial charge in [0.2, 0.25) is 11.8 Å². The highest BCUT2D eigenvalue weighted by Gasteiger charge is 2.35. The predicted octanol–water partition coefficient (Wildman–Crippen LogP) is 4.16. The molecule has 0 saturated carbocycles. The minimum Gasteiger partial charge on any atom is -0.408 e. The molecular formula is C27H24ClN5O4. The number of anilines is 2. The van der Waals surface area contributed by atoms with Crippen LogP contribution in [0.25, 0.3) is 11.1 Å². The monoisotopic (exact) mass is 517 g/mol. The van der Waals surface area contributed by atoms with E-state index in [2.05, 4.69) is 10.3 Å². The molecule has 0 fully saturated rings. The van der Waals surface area contributed by atoms with Crippen LogP contribution in [0.4, 0.5) is 17.1 Å². The smallest absolute Gasteiger partial charge is 0.408 e. The SMILES string of the molecule is CN(C)CC(=O)N(C)c1ccc(N=C(c2ccc3oc(=O)[nH]c3c2)C2C(=O)Nc3cc(Cl)ccc32)cc1.